The highest BCUT2D eigenvalue weighted by Crippen LogP contribution is 2.49. The van der Waals surface area contributed by atoms with Gasteiger partial charge in [-0.15, -0.1) is 0 Å². The summed E-state index contributed by atoms with van der Waals surface area (Å²) in [6.45, 7) is 0.127. The molecule has 4 rings (SSSR count). The number of likely N-dealkylation sites (tertiary alicyclic amines) is 1. The molecule has 0 saturated carbocycles. The Labute approximate surface area is 220 Å². The van der Waals surface area contributed by atoms with Gasteiger partial charge < -0.3 is 19.5 Å². The van der Waals surface area contributed by atoms with Crippen LogP contribution in [0.3, 0.4) is 0 Å². The Morgan fingerprint density at radius 3 is 2.53 bits per heavy atom. The minimum absolute atomic E-state index is 0.0580. The lowest BCUT2D eigenvalue weighted by molar-refractivity contribution is -0.585. The number of hydrogen-bond donors (Lipinski definition) is 1. The Kier molecular flexibility index (Phi) is 7.56. The van der Waals surface area contributed by atoms with E-state index in [-0.39, 0.29) is 31.7 Å². The van der Waals surface area contributed by atoms with E-state index in [0.717, 1.165) is 10.5 Å². The predicted molar refractivity (Wildman–Crippen MR) is 137 cm³/mol. The summed E-state index contributed by atoms with van der Waals surface area (Å²) in [5.41, 5.74) is 0.436. The lowest BCUT2D eigenvalue weighted by Gasteiger charge is -2.44. The number of hydrogen-bond acceptors (Lipinski definition) is 7. The molecule has 2 aliphatic rings. The number of fused-ring (bicyclic) bond motifs is 1. The van der Waals surface area contributed by atoms with Crippen molar-refractivity contribution in [1.82, 2.24) is 4.90 Å². The quantitative estimate of drug-likeness (QED) is 0.327. The molecule has 0 bridgehead atoms. The van der Waals surface area contributed by atoms with E-state index in [4.69, 9.17) is 9.47 Å². The van der Waals surface area contributed by atoms with Crippen LogP contribution < -0.4 is 9.64 Å². The number of anilines is 1. The Hall–Kier alpha value is -4.15. The SMILES string of the molecule is COC(=O)C(CC1([N+](=O)[O-])CCCN(C(=O)O)C1c1ccccc1)c1cc2c(cc1OC)CCC(=O)N2C. The second-order valence-corrected chi connectivity index (χ2v) is 9.71. The van der Waals surface area contributed by atoms with Gasteiger partial charge in [-0.25, -0.2) is 4.79 Å². The van der Waals surface area contributed by atoms with Gasteiger partial charge in [0.15, 0.2) is 0 Å². The molecule has 0 aromatic heterocycles. The van der Waals surface area contributed by atoms with Crippen LogP contribution in [0.4, 0.5) is 10.5 Å². The van der Waals surface area contributed by atoms with E-state index in [2.05, 4.69) is 0 Å². The number of aryl methyl sites for hydroxylation is 1. The molecule has 202 valence electrons. The average Bonchev–Trinajstić information content (AvgIpc) is 2.92. The fourth-order valence-corrected chi connectivity index (χ4v) is 5.87. The summed E-state index contributed by atoms with van der Waals surface area (Å²) in [5.74, 6) is -1.61. The van der Waals surface area contributed by atoms with Crippen LogP contribution in [-0.2, 0) is 20.7 Å². The molecule has 0 spiro atoms. The molecule has 1 saturated heterocycles. The molecule has 1 fully saturated rings. The van der Waals surface area contributed by atoms with Gasteiger partial charge in [-0.3, -0.25) is 24.6 Å². The molecule has 0 radical (unpaired) electrons. The minimum atomic E-state index is -1.83. The molecule has 2 amide bonds. The molecule has 3 unspecified atom stereocenters. The number of nitrogens with zero attached hydrogens (tertiary/aromatic N) is 3. The first-order valence-corrected chi connectivity index (χ1v) is 12.4. The summed E-state index contributed by atoms with van der Waals surface area (Å²) >= 11 is 0. The maximum Gasteiger partial charge on any atom is 0.408 e. The molecule has 3 atom stereocenters. The van der Waals surface area contributed by atoms with Gasteiger partial charge in [0, 0.05) is 49.0 Å². The number of benzene rings is 2. The predicted octanol–water partition coefficient (Wildman–Crippen LogP) is 3.78. The molecule has 38 heavy (non-hydrogen) atoms. The van der Waals surface area contributed by atoms with Gasteiger partial charge in [0.1, 0.15) is 11.8 Å². The number of piperidine rings is 1. The lowest BCUT2D eigenvalue weighted by Crippen LogP contribution is -2.57. The van der Waals surface area contributed by atoms with Crippen molar-refractivity contribution in [2.75, 3.05) is 32.7 Å². The van der Waals surface area contributed by atoms with E-state index in [9.17, 15) is 29.6 Å². The Morgan fingerprint density at radius 2 is 1.92 bits per heavy atom. The fourth-order valence-electron chi connectivity index (χ4n) is 5.87. The molecule has 0 aliphatic carbocycles. The number of ether oxygens (including phenoxy) is 2. The maximum absolute atomic E-state index is 13.3. The van der Waals surface area contributed by atoms with Crippen LogP contribution in [0.5, 0.6) is 5.75 Å². The van der Waals surface area contributed by atoms with E-state index in [0.29, 0.717) is 35.4 Å². The third kappa shape index (κ3) is 4.64. The molecule has 1 N–H and O–H groups in total. The number of rotatable bonds is 7. The molecular formula is C27H31N3O8. The zero-order valence-corrected chi connectivity index (χ0v) is 21.6. The van der Waals surface area contributed by atoms with Crippen molar-refractivity contribution in [3.63, 3.8) is 0 Å². The van der Waals surface area contributed by atoms with Crippen molar-refractivity contribution in [2.24, 2.45) is 0 Å². The zero-order chi connectivity index (χ0) is 27.6. The molecule has 2 aromatic carbocycles. The molecule has 11 heteroatoms. The van der Waals surface area contributed by atoms with Crippen molar-refractivity contribution in [3.05, 3.63) is 69.3 Å². The summed E-state index contributed by atoms with van der Waals surface area (Å²) in [4.78, 5) is 53.0. The van der Waals surface area contributed by atoms with Gasteiger partial charge in [-0.05, 0) is 36.1 Å². The summed E-state index contributed by atoms with van der Waals surface area (Å²) in [6, 6.07) is 10.8. The van der Waals surface area contributed by atoms with Crippen LogP contribution in [-0.4, -0.2) is 66.3 Å². The molecule has 2 heterocycles. The highest BCUT2D eigenvalue weighted by molar-refractivity contribution is 5.96. The van der Waals surface area contributed by atoms with Crippen molar-refractivity contribution in [2.45, 2.75) is 49.6 Å². The largest absolute Gasteiger partial charge is 0.496 e. The number of carboxylic acid groups (broad SMARTS) is 1. The van der Waals surface area contributed by atoms with Gasteiger partial charge in [-0.2, -0.15) is 0 Å². The topological polar surface area (TPSA) is 140 Å². The Bertz CT molecular complexity index is 1250. The van der Waals surface area contributed by atoms with Gasteiger partial charge in [-0.1, -0.05) is 30.3 Å². The number of methoxy groups -OCH3 is 2. The van der Waals surface area contributed by atoms with Crippen molar-refractivity contribution in [3.8, 4) is 5.75 Å². The van der Waals surface area contributed by atoms with Gasteiger partial charge >= 0.3 is 12.1 Å². The van der Waals surface area contributed by atoms with Crippen molar-refractivity contribution in [1.29, 1.82) is 0 Å². The third-order valence-electron chi connectivity index (χ3n) is 7.75. The number of esters is 1. The van der Waals surface area contributed by atoms with E-state index in [1.165, 1.54) is 19.1 Å². The number of carbonyl (C=O) groups is 3. The smallest absolute Gasteiger partial charge is 0.408 e. The van der Waals surface area contributed by atoms with Crippen molar-refractivity contribution < 1.29 is 33.9 Å². The molecule has 2 aromatic rings. The second kappa shape index (κ2) is 10.7. The number of nitro groups is 1. The zero-order valence-electron chi connectivity index (χ0n) is 21.6. The highest BCUT2D eigenvalue weighted by Gasteiger charge is 2.59. The standard InChI is InChI=1S/C27H31N3O8/c1-28-21-15-19(22(37-2)14-18(21)10-11-23(28)31)20(25(32)38-3)16-27(30(35)36)12-7-13-29(26(33)34)24(27)17-8-5-4-6-9-17/h4-6,8-9,14-15,20,24H,7,10-13,16H2,1-3H3,(H,33,34). The molecule has 2 aliphatic heterocycles. The van der Waals surface area contributed by atoms with E-state index in [1.54, 1.807) is 49.5 Å². The maximum atomic E-state index is 13.3. The normalized spacial score (nSPS) is 21.9. The molecule has 11 nitrogen and oxygen atoms in total. The lowest BCUT2D eigenvalue weighted by atomic mass is 9.71. The van der Waals surface area contributed by atoms with E-state index < -0.39 is 34.5 Å². The monoisotopic (exact) mass is 525 g/mol. The Balaban J connectivity index is 1.90. The summed E-state index contributed by atoms with van der Waals surface area (Å²) < 4.78 is 10.7. The molecular weight excluding hydrogens is 494 g/mol. The second-order valence-electron chi connectivity index (χ2n) is 9.71. The first kappa shape index (κ1) is 26.9. The summed E-state index contributed by atoms with van der Waals surface area (Å²) in [7, 11) is 4.29. The first-order chi connectivity index (χ1) is 18.1. The first-order valence-electron chi connectivity index (χ1n) is 12.4. The van der Waals surface area contributed by atoms with Crippen LogP contribution in [0.25, 0.3) is 0 Å². The summed E-state index contributed by atoms with van der Waals surface area (Å²) in [5, 5.41) is 23.0. The van der Waals surface area contributed by atoms with Gasteiger partial charge in [0.25, 0.3) is 0 Å². The number of amides is 2. The van der Waals surface area contributed by atoms with Crippen molar-refractivity contribution >= 4 is 23.7 Å². The third-order valence-corrected chi connectivity index (χ3v) is 7.75. The van der Waals surface area contributed by atoms with Crippen LogP contribution in [0.15, 0.2) is 42.5 Å². The van der Waals surface area contributed by atoms with Gasteiger partial charge in [0.2, 0.25) is 11.4 Å². The number of carbonyl (C=O) groups excluding carboxylic acids is 2. The van der Waals surface area contributed by atoms with Gasteiger partial charge in [0.05, 0.1) is 20.1 Å². The van der Waals surface area contributed by atoms with Crippen LogP contribution in [0.2, 0.25) is 0 Å². The average molecular weight is 526 g/mol. The highest BCUT2D eigenvalue weighted by atomic mass is 16.6. The summed E-state index contributed by atoms with van der Waals surface area (Å²) in [6.07, 6.45) is -0.457. The van der Waals surface area contributed by atoms with E-state index in [1.807, 2.05) is 0 Å². The minimum Gasteiger partial charge on any atom is -0.496 e. The van der Waals surface area contributed by atoms with Crippen LogP contribution in [0.1, 0.15) is 54.3 Å². The van der Waals surface area contributed by atoms with Crippen LogP contribution in [0, 0.1) is 10.1 Å². The van der Waals surface area contributed by atoms with E-state index >= 15 is 0 Å². The Morgan fingerprint density at radius 1 is 1.21 bits per heavy atom. The van der Waals surface area contributed by atoms with Crippen LogP contribution >= 0.6 is 0 Å². The fraction of sp³-hybridized carbons (Fsp3) is 0.444.